The van der Waals surface area contributed by atoms with Gasteiger partial charge in [0.1, 0.15) is 24.0 Å². The molecule has 0 N–H and O–H groups in total. The second kappa shape index (κ2) is 6.58. The number of carbonyl (C=O) groups excluding carboxylic acids is 2. The lowest BCUT2D eigenvalue weighted by atomic mass is 9.84. The van der Waals surface area contributed by atoms with Crippen LogP contribution in [-0.2, 0) is 19.1 Å². The van der Waals surface area contributed by atoms with Gasteiger partial charge in [-0.15, -0.1) is 0 Å². The molecule has 8 heteroatoms. The lowest BCUT2D eigenvalue weighted by Crippen LogP contribution is -2.19. The Morgan fingerprint density at radius 1 is 0.759 bits per heavy atom. The van der Waals surface area contributed by atoms with Crippen LogP contribution in [0.1, 0.15) is 23.3 Å². The smallest absolute Gasteiger partial charge is 0.314 e. The molecule has 4 atom stereocenters. The Kier molecular flexibility index (Phi) is 4.01. The molecule has 0 radical (unpaired) electrons. The first-order valence-electron chi connectivity index (χ1n) is 9.13. The number of benzene rings is 2. The predicted octanol–water partition coefficient (Wildman–Crippen LogP) is 2.56. The molecule has 2 saturated heterocycles. The first kappa shape index (κ1) is 17.7. The minimum atomic E-state index is -0.751. The summed E-state index contributed by atoms with van der Waals surface area (Å²) < 4.78 is 32.5. The summed E-state index contributed by atoms with van der Waals surface area (Å²) in [5.74, 6) is -0.201. The van der Waals surface area contributed by atoms with Crippen LogP contribution in [0.15, 0.2) is 36.4 Å². The van der Waals surface area contributed by atoms with E-state index in [-0.39, 0.29) is 6.79 Å². The molecule has 2 aromatic carbocycles. The van der Waals surface area contributed by atoms with Gasteiger partial charge in [-0.05, 0) is 35.4 Å². The molecule has 0 amide bonds. The monoisotopic (exact) mass is 398 g/mol. The van der Waals surface area contributed by atoms with Crippen molar-refractivity contribution in [1.82, 2.24) is 0 Å². The van der Waals surface area contributed by atoms with Gasteiger partial charge in [0, 0.05) is 0 Å². The van der Waals surface area contributed by atoms with Gasteiger partial charge in [0.25, 0.3) is 0 Å². The van der Waals surface area contributed by atoms with Crippen LogP contribution in [0.3, 0.4) is 0 Å². The number of hydrogen-bond acceptors (Lipinski definition) is 8. The zero-order valence-corrected chi connectivity index (χ0v) is 15.7. The highest BCUT2D eigenvalue weighted by Crippen LogP contribution is 2.53. The van der Waals surface area contributed by atoms with Gasteiger partial charge in [-0.1, -0.05) is 12.1 Å². The van der Waals surface area contributed by atoms with Crippen LogP contribution in [0, 0.1) is 11.8 Å². The maximum Gasteiger partial charge on any atom is 0.314 e. The fourth-order valence-corrected chi connectivity index (χ4v) is 4.14. The number of rotatable bonds is 4. The molecule has 150 valence electrons. The van der Waals surface area contributed by atoms with Crippen LogP contribution in [-0.4, -0.2) is 33.0 Å². The Morgan fingerprint density at radius 2 is 1.34 bits per heavy atom. The number of fused-ring (bicyclic) bond motifs is 2. The Balaban J connectivity index is 1.48. The van der Waals surface area contributed by atoms with Crippen molar-refractivity contribution in [3.05, 3.63) is 47.5 Å². The Morgan fingerprint density at radius 3 is 2.00 bits per heavy atom. The second-order valence-electron chi connectivity index (χ2n) is 6.99. The van der Waals surface area contributed by atoms with E-state index >= 15 is 0 Å². The van der Waals surface area contributed by atoms with Crippen LogP contribution in [0.5, 0.6) is 23.0 Å². The van der Waals surface area contributed by atoms with Crippen molar-refractivity contribution < 1.29 is 38.0 Å². The molecule has 8 nitrogen and oxygen atoms in total. The van der Waals surface area contributed by atoms with Gasteiger partial charge >= 0.3 is 11.9 Å². The topological polar surface area (TPSA) is 89.5 Å². The summed E-state index contributed by atoms with van der Waals surface area (Å²) in [4.78, 5) is 25.4. The molecule has 3 aliphatic rings. The normalized spacial score (nSPS) is 26.7. The van der Waals surface area contributed by atoms with Crippen LogP contribution in [0.25, 0.3) is 0 Å². The highest BCUT2D eigenvalue weighted by Gasteiger charge is 2.60. The number of carbonyl (C=O) groups is 2. The summed E-state index contributed by atoms with van der Waals surface area (Å²) >= 11 is 0. The van der Waals surface area contributed by atoms with E-state index in [9.17, 15) is 9.59 Å². The van der Waals surface area contributed by atoms with Crippen molar-refractivity contribution in [2.24, 2.45) is 11.8 Å². The zero-order valence-electron chi connectivity index (χ0n) is 15.7. The highest BCUT2D eigenvalue weighted by atomic mass is 16.7. The summed E-state index contributed by atoms with van der Waals surface area (Å²) in [6.45, 7) is 0.138. The minimum Gasteiger partial charge on any atom is -0.493 e. The van der Waals surface area contributed by atoms with Crippen molar-refractivity contribution in [2.45, 2.75) is 12.2 Å². The van der Waals surface area contributed by atoms with Gasteiger partial charge in [0.15, 0.2) is 23.0 Å². The van der Waals surface area contributed by atoms with Crippen molar-refractivity contribution in [2.75, 3.05) is 21.0 Å². The Bertz CT molecular complexity index is 998. The number of ether oxygens (including phenoxy) is 6. The summed E-state index contributed by atoms with van der Waals surface area (Å²) in [5, 5.41) is 0. The molecular formula is C21H18O8. The van der Waals surface area contributed by atoms with Crippen molar-refractivity contribution in [3.63, 3.8) is 0 Å². The van der Waals surface area contributed by atoms with Crippen LogP contribution in [0.2, 0.25) is 0 Å². The zero-order chi connectivity index (χ0) is 20.1. The van der Waals surface area contributed by atoms with E-state index in [1.165, 1.54) is 14.2 Å². The van der Waals surface area contributed by atoms with Gasteiger partial charge < -0.3 is 28.4 Å². The molecule has 5 rings (SSSR count). The number of methoxy groups -OCH3 is 2. The maximum absolute atomic E-state index is 12.7. The molecule has 29 heavy (non-hydrogen) atoms. The summed E-state index contributed by atoms with van der Waals surface area (Å²) in [7, 11) is 3.05. The SMILES string of the molecule is COc1ccc([C@@H]2OC(=O)[C@@H]3[C@H]2C(=O)O[C@H]3c2ccc3c(c2)OCO3)cc1OC. The molecule has 0 spiro atoms. The minimum absolute atomic E-state index is 0.138. The van der Waals surface area contributed by atoms with E-state index in [1.807, 2.05) is 0 Å². The first-order valence-corrected chi connectivity index (χ1v) is 9.13. The van der Waals surface area contributed by atoms with Crippen LogP contribution < -0.4 is 18.9 Å². The van der Waals surface area contributed by atoms with E-state index in [2.05, 4.69) is 0 Å². The fourth-order valence-electron chi connectivity index (χ4n) is 4.14. The second-order valence-corrected chi connectivity index (χ2v) is 6.99. The van der Waals surface area contributed by atoms with Gasteiger partial charge in [-0.3, -0.25) is 9.59 Å². The Hall–Kier alpha value is -3.42. The third kappa shape index (κ3) is 2.66. The third-order valence-electron chi connectivity index (χ3n) is 5.53. The van der Waals surface area contributed by atoms with Crippen molar-refractivity contribution in [3.8, 4) is 23.0 Å². The van der Waals surface area contributed by atoms with Gasteiger partial charge in [-0.2, -0.15) is 0 Å². The van der Waals surface area contributed by atoms with E-state index in [1.54, 1.807) is 36.4 Å². The molecule has 0 aromatic heterocycles. The molecular weight excluding hydrogens is 380 g/mol. The quantitative estimate of drug-likeness (QED) is 0.726. The van der Waals surface area contributed by atoms with Gasteiger partial charge in [0.2, 0.25) is 6.79 Å². The predicted molar refractivity (Wildman–Crippen MR) is 96.8 cm³/mol. The number of hydrogen-bond donors (Lipinski definition) is 0. The van der Waals surface area contributed by atoms with Crippen LogP contribution >= 0.6 is 0 Å². The van der Waals surface area contributed by atoms with Crippen LogP contribution in [0.4, 0.5) is 0 Å². The molecule has 0 unspecified atom stereocenters. The molecule has 0 saturated carbocycles. The summed E-state index contributed by atoms with van der Waals surface area (Å²) in [5.41, 5.74) is 1.31. The van der Waals surface area contributed by atoms with Crippen molar-refractivity contribution >= 4 is 11.9 Å². The fraction of sp³-hybridized carbons (Fsp3) is 0.333. The number of esters is 2. The Labute approximate surface area is 166 Å². The lowest BCUT2D eigenvalue weighted by Gasteiger charge is -2.16. The highest BCUT2D eigenvalue weighted by molar-refractivity contribution is 5.89. The lowest BCUT2D eigenvalue weighted by molar-refractivity contribution is -0.154. The third-order valence-corrected chi connectivity index (χ3v) is 5.53. The molecule has 3 aliphatic heterocycles. The first-order chi connectivity index (χ1) is 14.1. The largest absolute Gasteiger partial charge is 0.493 e. The molecule has 0 bridgehead atoms. The summed E-state index contributed by atoms with van der Waals surface area (Å²) in [6.07, 6.45) is -1.49. The average molecular weight is 398 g/mol. The molecule has 3 heterocycles. The standard InChI is InChI=1S/C21H18O8/c1-24-12-5-3-10(7-14(12)25-2)18-16-17(21(23)28-18)19(29-20(16)22)11-4-6-13-15(8-11)27-9-26-13/h3-8,16-19H,9H2,1-2H3/t16-,17-,18+,19+/m1/s1. The molecule has 2 aromatic rings. The van der Waals surface area contributed by atoms with E-state index in [0.717, 1.165) is 0 Å². The van der Waals surface area contributed by atoms with E-state index in [4.69, 9.17) is 28.4 Å². The number of cyclic esters (lactones) is 2. The van der Waals surface area contributed by atoms with E-state index < -0.39 is 36.0 Å². The average Bonchev–Trinajstić information content (AvgIpc) is 3.43. The maximum atomic E-state index is 12.7. The molecule has 0 aliphatic carbocycles. The summed E-state index contributed by atoms with van der Waals surface area (Å²) in [6, 6.07) is 10.4. The van der Waals surface area contributed by atoms with Gasteiger partial charge in [0.05, 0.1) is 14.2 Å². The molecule has 2 fully saturated rings. The van der Waals surface area contributed by atoms with Crippen molar-refractivity contribution in [1.29, 1.82) is 0 Å². The van der Waals surface area contributed by atoms with E-state index in [0.29, 0.717) is 34.1 Å². The van der Waals surface area contributed by atoms with Gasteiger partial charge in [-0.25, -0.2) is 0 Å².